The lowest BCUT2D eigenvalue weighted by molar-refractivity contribution is 0.193. The van der Waals surface area contributed by atoms with E-state index in [-0.39, 0.29) is 12.1 Å². The molecule has 2 amide bonds. The van der Waals surface area contributed by atoms with Crippen LogP contribution in [0, 0.1) is 0 Å². The molecule has 4 nitrogen and oxygen atoms in total. The van der Waals surface area contributed by atoms with E-state index in [9.17, 15) is 4.79 Å². The topological polar surface area (TPSA) is 35.6 Å². The molecule has 0 aromatic heterocycles. The molecule has 30 heavy (non-hydrogen) atoms. The third kappa shape index (κ3) is 3.75. The Morgan fingerprint density at radius 3 is 2.23 bits per heavy atom. The summed E-state index contributed by atoms with van der Waals surface area (Å²) in [6.45, 7) is 1.45. The molecule has 2 heterocycles. The molecule has 0 radical (unpaired) electrons. The normalized spacial score (nSPS) is 17.8. The Kier molecular flexibility index (Phi) is 5.32. The molecule has 1 fully saturated rings. The first-order chi connectivity index (χ1) is 14.7. The summed E-state index contributed by atoms with van der Waals surface area (Å²) in [6, 6.07) is 24.5. The van der Waals surface area contributed by atoms with Crippen LogP contribution in [0.5, 0.6) is 0 Å². The number of nitrogens with zero attached hydrogens (tertiary/aromatic N) is 2. The summed E-state index contributed by atoms with van der Waals surface area (Å²) < 4.78 is 0. The van der Waals surface area contributed by atoms with Crippen LogP contribution in [0.3, 0.4) is 0 Å². The smallest absolute Gasteiger partial charge is 0.321 e. The maximum absolute atomic E-state index is 12.9. The number of urea groups is 1. The number of likely N-dealkylation sites (tertiary alicyclic amines) is 1. The van der Waals surface area contributed by atoms with E-state index in [0.29, 0.717) is 11.6 Å². The highest BCUT2D eigenvalue weighted by Gasteiger charge is 2.33. The summed E-state index contributed by atoms with van der Waals surface area (Å²) in [5, 5.41) is 3.66. The first-order valence-electron chi connectivity index (χ1n) is 10.2. The van der Waals surface area contributed by atoms with Gasteiger partial charge in [-0.15, -0.1) is 0 Å². The van der Waals surface area contributed by atoms with Crippen LogP contribution in [-0.4, -0.2) is 30.1 Å². The molecule has 0 saturated carbocycles. The second-order valence-electron chi connectivity index (χ2n) is 7.59. The number of benzene rings is 3. The fraction of sp³-hybridized carbons (Fsp3) is 0.208. The van der Waals surface area contributed by atoms with Crippen molar-refractivity contribution in [1.29, 1.82) is 0 Å². The van der Waals surface area contributed by atoms with Gasteiger partial charge in [-0.25, -0.2) is 4.79 Å². The molecule has 1 atom stereocenters. The van der Waals surface area contributed by atoms with Gasteiger partial charge in [0.2, 0.25) is 0 Å². The second-order valence-corrected chi connectivity index (χ2v) is 9.11. The Labute approximate surface area is 185 Å². The van der Waals surface area contributed by atoms with Gasteiger partial charge in [0.1, 0.15) is 0 Å². The SMILES string of the molecule is O=C(Nc1ccc(Cl)cc1)N1CCCC(N2c3ccccc3Sc3ccccc32)C1. The van der Waals surface area contributed by atoms with Gasteiger partial charge in [-0.05, 0) is 61.4 Å². The van der Waals surface area contributed by atoms with E-state index in [1.54, 1.807) is 12.1 Å². The van der Waals surface area contributed by atoms with E-state index < -0.39 is 0 Å². The molecular formula is C24H22ClN3OS. The van der Waals surface area contributed by atoms with Crippen molar-refractivity contribution in [1.82, 2.24) is 4.90 Å². The van der Waals surface area contributed by atoms with Gasteiger partial charge in [-0.2, -0.15) is 0 Å². The lowest BCUT2D eigenvalue weighted by atomic mass is 10.0. The second kappa shape index (κ2) is 8.25. The Balaban J connectivity index is 1.40. The summed E-state index contributed by atoms with van der Waals surface area (Å²) >= 11 is 7.77. The number of para-hydroxylation sites is 2. The Morgan fingerprint density at radius 2 is 1.57 bits per heavy atom. The van der Waals surface area contributed by atoms with Crippen LogP contribution in [0.15, 0.2) is 82.6 Å². The third-order valence-corrected chi connectivity index (χ3v) is 7.00. The monoisotopic (exact) mass is 435 g/mol. The highest BCUT2D eigenvalue weighted by molar-refractivity contribution is 7.99. The molecule has 152 valence electrons. The first kappa shape index (κ1) is 19.3. The summed E-state index contributed by atoms with van der Waals surface area (Å²) in [6.07, 6.45) is 2.03. The zero-order valence-corrected chi connectivity index (χ0v) is 18.0. The Hall–Kier alpha value is -2.63. The van der Waals surface area contributed by atoms with Crippen molar-refractivity contribution in [3.05, 3.63) is 77.8 Å². The molecule has 6 heteroatoms. The predicted molar refractivity (Wildman–Crippen MR) is 124 cm³/mol. The zero-order chi connectivity index (χ0) is 20.5. The van der Waals surface area contributed by atoms with Crippen LogP contribution in [0.1, 0.15) is 12.8 Å². The quantitative estimate of drug-likeness (QED) is 0.490. The fourth-order valence-corrected chi connectivity index (χ4v) is 5.41. The molecule has 0 aliphatic carbocycles. The van der Waals surface area contributed by atoms with E-state index >= 15 is 0 Å². The number of carbonyl (C=O) groups excluding carboxylic acids is 1. The molecular weight excluding hydrogens is 414 g/mol. The lowest BCUT2D eigenvalue weighted by Crippen LogP contribution is -2.50. The van der Waals surface area contributed by atoms with Crippen LogP contribution in [0.4, 0.5) is 21.9 Å². The number of rotatable bonds is 2. The van der Waals surface area contributed by atoms with Crippen molar-refractivity contribution in [2.24, 2.45) is 0 Å². The number of halogens is 1. The van der Waals surface area contributed by atoms with Crippen molar-refractivity contribution in [2.45, 2.75) is 28.7 Å². The number of amides is 2. The first-order valence-corrected chi connectivity index (χ1v) is 11.3. The van der Waals surface area contributed by atoms with Gasteiger partial charge >= 0.3 is 6.03 Å². The highest BCUT2D eigenvalue weighted by Crippen LogP contribution is 2.49. The Bertz CT molecular complexity index is 1030. The highest BCUT2D eigenvalue weighted by atomic mass is 35.5. The lowest BCUT2D eigenvalue weighted by Gasteiger charge is -2.43. The largest absolute Gasteiger partial charge is 0.335 e. The molecule has 2 aliphatic rings. The van der Waals surface area contributed by atoms with Gasteiger partial charge in [-0.1, -0.05) is 47.6 Å². The Morgan fingerprint density at radius 1 is 0.933 bits per heavy atom. The van der Waals surface area contributed by atoms with Crippen LogP contribution < -0.4 is 10.2 Å². The molecule has 3 aromatic carbocycles. The average molecular weight is 436 g/mol. The number of hydrogen-bond donors (Lipinski definition) is 1. The van der Waals surface area contributed by atoms with Crippen LogP contribution in [0.2, 0.25) is 5.02 Å². The maximum atomic E-state index is 12.9. The third-order valence-electron chi connectivity index (χ3n) is 5.61. The van der Waals surface area contributed by atoms with Crippen LogP contribution in [0.25, 0.3) is 0 Å². The molecule has 1 unspecified atom stereocenters. The number of carbonyl (C=O) groups is 1. The summed E-state index contributed by atoms with van der Waals surface area (Å²) in [4.78, 5) is 19.8. The summed E-state index contributed by atoms with van der Waals surface area (Å²) in [7, 11) is 0. The minimum atomic E-state index is -0.0602. The van der Waals surface area contributed by atoms with Crippen molar-refractivity contribution in [3.63, 3.8) is 0 Å². The minimum absolute atomic E-state index is 0.0602. The number of hydrogen-bond acceptors (Lipinski definition) is 3. The van der Waals surface area contributed by atoms with E-state index in [4.69, 9.17) is 11.6 Å². The number of nitrogens with one attached hydrogen (secondary N) is 1. The molecule has 5 rings (SSSR count). The van der Waals surface area contributed by atoms with Crippen molar-refractivity contribution < 1.29 is 4.79 Å². The van der Waals surface area contributed by atoms with Crippen molar-refractivity contribution >= 4 is 46.5 Å². The molecule has 0 spiro atoms. The van der Waals surface area contributed by atoms with Gasteiger partial charge in [0.25, 0.3) is 0 Å². The number of anilines is 3. The fourth-order valence-electron chi connectivity index (χ4n) is 4.21. The molecule has 3 aromatic rings. The van der Waals surface area contributed by atoms with Crippen LogP contribution >= 0.6 is 23.4 Å². The van der Waals surface area contributed by atoms with E-state index in [1.807, 2.05) is 28.8 Å². The van der Waals surface area contributed by atoms with Gasteiger partial charge in [0.15, 0.2) is 0 Å². The zero-order valence-electron chi connectivity index (χ0n) is 16.4. The maximum Gasteiger partial charge on any atom is 0.321 e. The minimum Gasteiger partial charge on any atom is -0.335 e. The van der Waals surface area contributed by atoms with E-state index in [2.05, 4.69) is 58.7 Å². The standard InChI is InChI=1S/C24H22ClN3OS/c25-17-11-13-18(14-12-17)26-24(29)27-15-5-6-19(16-27)28-20-7-1-3-9-22(20)30-23-10-4-2-8-21(23)28/h1-4,7-14,19H,5-6,15-16H2,(H,26,29). The van der Waals surface area contributed by atoms with Gasteiger partial charge in [-0.3, -0.25) is 0 Å². The molecule has 1 N–H and O–H groups in total. The van der Waals surface area contributed by atoms with E-state index in [1.165, 1.54) is 21.2 Å². The number of fused-ring (bicyclic) bond motifs is 2. The van der Waals surface area contributed by atoms with E-state index in [0.717, 1.165) is 25.1 Å². The van der Waals surface area contributed by atoms with Gasteiger partial charge in [0, 0.05) is 33.6 Å². The molecule has 0 bridgehead atoms. The number of piperidine rings is 1. The molecule has 2 aliphatic heterocycles. The predicted octanol–water partition coefficient (Wildman–Crippen LogP) is 6.64. The average Bonchev–Trinajstić information content (AvgIpc) is 2.79. The van der Waals surface area contributed by atoms with Gasteiger partial charge in [0.05, 0.1) is 17.4 Å². The summed E-state index contributed by atoms with van der Waals surface area (Å²) in [5.74, 6) is 0. The van der Waals surface area contributed by atoms with Crippen molar-refractivity contribution in [3.8, 4) is 0 Å². The van der Waals surface area contributed by atoms with Crippen LogP contribution in [-0.2, 0) is 0 Å². The van der Waals surface area contributed by atoms with Gasteiger partial charge < -0.3 is 15.1 Å². The molecule has 1 saturated heterocycles. The van der Waals surface area contributed by atoms with Crippen molar-refractivity contribution in [2.75, 3.05) is 23.3 Å². The summed E-state index contributed by atoms with van der Waals surface area (Å²) in [5.41, 5.74) is 3.22.